The van der Waals surface area contributed by atoms with E-state index in [4.69, 9.17) is 22.2 Å². The first-order chi connectivity index (χ1) is 27.2. The number of benzene rings is 8. The Labute approximate surface area is 268 Å². The molecule has 0 aliphatic carbocycles. The Kier molecular flexibility index (Phi) is 3.07. The molecule has 0 unspecified atom stereocenters. The molecule has 8 aromatic carbocycles. The lowest BCUT2D eigenvalue weighted by Crippen LogP contribution is -1.91. The van der Waals surface area contributed by atoms with Crippen LogP contribution in [0.5, 0.6) is 0 Å². The summed E-state index contributed by atoms with van der Waals surface area (Å²) in [6.07, 6.45) is 0. The van der Waals surface area contributed by atoms with Gasteiger partial charge in [-0.25, -0.2) is 0 Å². The molecule has 0 amide bonds. The fourth-order valence-electron chi connectivity index (χ4n) is 6.09. The van der Waals surface area contributed by atoms with Crippen molar-refractivity contribution in [2.75, 3.05) is 0 Å². The largest absolute Gasteiger partial charge is 0.456 e. The first-order valence-electron chi connectivity index (χ1n) is 20.6. The Morgan fingerprint density at radius 2 is 0.930 bits per heavy atom. The molecule has 43 heavy (non-hydrogen) atoms. The van der Waals surface area contributed by atoms with Gasteiger partial charge in [-0.1, -0.05) is 145 Å². The molecule has 0 fully saturated rings. The summed E-state index contributed by atoms with van der Waals surface area (Å²) in [6.45, 7) is 0. The highest BCUT2D eigenvalue weighted by Gasteiger charge is 2.20. The second kappa shape index (κ2) is 9.44. The van der Waals surface area contributed by atoms with Crippen molar-refractivity contribution in [1.82, 2.24) is 0 Å². The van der Waals surface area contributed by atoms with Gasteiger partial charge in [0.2, 0.25) is 0 Å². The van der Waals surface area contributed by atoms with E-state index < -0.39 is 66.5 Å². The molecule has 0 saturated heterocycles. The Bertz CT molecular complexity index is 3210. The van der Waals surface area contributed by atoms with Crippen molar-refractivity contribution in [2.45, 2.75) is 0 Å². The van der Waals surface area contributed by atoms with E-state index in [-0.39, 0.29) is 62.0 Å². The molecule has 0 spiro atoms. The van der Waals surface area contributed by atoms with Crippen molar-refractivity contribution in [3.05, 3.63) is 157 Å². The Morgan fingerprint density at radius 3 is 1.67 bits per heavy atom. The summed E-state index contributed by atoms with van der Waals surface area (Å²) < 4.78 is 126. The SMILES string of the molecule is [2H]c1c([2H])c([2H])c2c(oc3c([2H])c([2H])c([2H])c(-c4c5ccccc5c(-c5ccc(-c6c([2H])c([2H])c([2H])c7c([2H])c([2H])c([2H])c([2H])c67)cc5)c5ccccc45)c32)c1[2H]. The maximum absolute atomic E-state index is 9.29. The third kappa shape index (κ3) is 3.65. The zero-order valence-electron chi connectivity index (χ0n) is 36.3. The van der Waals surface area contributed by atoms with Crippen LogP contribution in [0.25, 0.3) is 87.6 Å². The quantitative estimate of drug-likeness (QED) is 0.196. The van der Waals surface area contributed by atoms with Gasteiger partial charge in [-0.3, -0.25) is 0 Å². The molecule has 1 heteroatoms. The van der Waals surface area contributed by atoms with Gasteiger partial charge < -0.3 is 4.42 Å². The fourth-order valence-corrected chi connectivity index (χ4v) is 6.09. The molecule has 0 radical (unpaired) electrons. The van der Waals surface area contributed by atoms with Crippen LogP contribution in [0.15, 0.2) is 162 Å². The molecule has 0 bridgehead atoms. The van der Waals surface area contributed by atoms with E-state index in [1.54, 1.807) is 12.1 Å². The van der Waals surface area contributed by atoms with Crippen LogP contribution in [-0.2, 0) is 0 Å². The lowest BCUT2D eigenvalue weighted by Gasteiger charge is -2.18. The van der Waals surface area contributed by atoms with Gasteiger partial charge in [0.15, 0.2) is 0 Å². The third-order valence-electron chi connectivity index (χ3n) is 7.90. The number of hydrogen-bond acceptors (Lipinski definition) is 1. The normalized spacial score (nSPS) is 16.3. The summed E-state index contributed by atoms with van der Waals surface area (Å²) in [6, 6.07) is 15.8. The molecule has 9 aromatic rings. The molecule has 1 heterocycles. The molecule has 0 aliphatic heterocycles. The van der Waals surface area contributed by atoms with Gasteiger partial charge in [-0.2, -0.15) is 0 Å². The zero-order chi connectivity index (χ0) is 40.5. The summed E-state index contributed by atoms with van der Waals surface area (Å²) >= 11 is 0. The van der Waals surface area contributed by atoms with E-state index in [9.17, 15) is 1.37 Å². The Morgan fingerprint density at radius 1 is 0.395 bits per heavy atom. The molecular formula is C42H26O. The number of furan rings is 1. The van der Waals surface area contributed by atoms with Crippen molar-refractivity contribution < 1.29 is 23.6 Å². The molecule has 0 N–H and O–H groups in total. The van der Waals surface area contributed by atoms with Gasteiger partial charge in [-0.15, -0.1) is 0 Å². The summed E-state index contributed by atoms with van der Waals surface area (Å²) in [5.41, 5.74) is 2.43. The number of para-hydroxylation sites is 1. The third-order valence-corrected chi connectivity index (χ3v) is 7.90. The van der Waals surface area contributed by atoms with Crippen LogP contribution in [0, 0.1) is 0 Å². The smallest absolute Gasteiger partial charge is 0.136 e. The van der Waals surface area contributed by atoms with Crippen molar-refractivity contribution >= 4 is 54.3 Å². The second-order valence-electron chi connectivity index (χ2n) is 10.2. The van der Waals surface area contributed by atoms with Gasteiger partial charge in [0, 0.05) is 10.8 Å². The highest BCUT2D eigenvalue weighted by atomic mass is 16.3. The topological polar surface area (TPSA) is 13.1 Å². The lowest BCUT2D eigenvalue weighted by atomic mass is 9.84. The summed E-state index contributed by atoms with van der Waals surface area (Å²) in [7, 11) is 0. The number of rotatable bonds is 3. The van der Waals surface area contributed by atoms with Crippen LogP contribution in [0.3, 0.4) is 0 Å². The van der Waals surface area contributed by atoms with Crippen molar-refractivity contribution in [3.63, 3.8) is 0 Å². The van der Waals surface area contributed by atoms with Crippen LogP contribution in [0.4, 0.5) is 0 Å². The van der Waals surface area contributed by atoms with E-state index in [1.807, 2.05) is 60.7 Å². The Balaban J connectivity index is 1.36. The van der Waals surface area contributed by atoms with E-state index >= 15 is 0 Å². The Hall–Kier alpha value is -5.66. The summed E-state index contributed by atoms with van der Waals surface area (Å²) in [5.74, 6) is 0. The predicted molar refractivity (Wildman–Crippen MR) is 183 cm³/mol. The first kappa shape index (κ1) is 14.0. The van der Waals surface area contributed by atoms with Crippen LogP contribution in [0.1, 0.15) is 19.2 Å². The van der Waals surface area contributed by atoms with Crippen LogP contribution in [-0.4, -0.2) is 0 Å². The molecule has 0 aliphatic rings. The fraction of sp³-hybridized carbons (Fsp3) is 0. The van der Waals surface area contributed by atoms with Gasteiger partial charge in [0.1, 0.15) is 11.2 Å². The monoisotopic (exact) mass is 560 g/mol. The molecule has 9 rings (SSSR count). The van der Waals surface area contributed by atoms with E-state index in [0.29, 0.717) is 21.9 Å². The van der Waals surface area contributed by atoms with Gasteiger partial charge in [-0.05, 0) is 77.8 Å². The molecule has 1 nitrogen and oxygen atoms in total. The molecule has 0 saturated carbocycles. The second-order valence-corrected chi connectivity index (χ2v) is 10.2. The van der Waals surface area contributed by atoms with E-state index in [0.717, 1.165) is 21.9 Å². The molecule has 0 atom stereocenters. The van der Waals surface area contributed by atoms with Gasteiger partial charge in [0.25, 0.3) is 0 Å². The first-order valence-corrected chi connectivity index (χ1v) is 13.6. The van der Waals surface area contributed by atoms with Crippen LogP contribution in [0.2, 0.25) is 0 Å². The molecule has 1 aromatic heterocycles. The molecular weight excluding hydrogens is 520 g/mol. The van der Waals surface area contributed by atoms with E-state index in [1.165, 1.54) is 0 Å². The maximum atomic E-state index is 9.29. The van der Waals surface area contributed by atoms with Crippen molar-refractivity contribution in [2.24, 2.45) is 0 Å². The average molecular weight is 561 g/mol. The number of hydrogen-bond donors (Lipinski definition) is 0. The van der Waals surface area contributed by atoms with Crippen LogP contribution < -0.4 is 0 Å². The minimum atomic E-state index is -0.528. The number of fused-ring (bicyclic) bond motifs is 6. The standard InChI is InChI=1S/C42H26O/c1-2-13-30-27(11-1)12-9-19-31(30)28-23-25-29(26-24-28)40-32-14-3-5-16-34(32)41(35-17-6-4-15-33(35)40)37-20-10-22-39-42(37)36-18-7-8-21-38(36)43-39/h1-26H/i1D,2D,7D,8D,9D,10D,11D,12D,13D,18D,19D,20D,21D,22D. The maximum Gasteiger partial charge on any atom is 0.136 e. The van der Waals surface area contributed by atoms with E-state index in [2.05, 4.69) is 0 Å². The van der Waals surface area contributed by atoms with Crippen LogP contribution >= 0.6 is 0 Å². The highest BCUT2D eigenvalue weighted by molar-refractivity contribution is 6.25. The predicted octanol–water partition coefficient (Wildman–Crippen LogP) is 12.0. The van der Waals surface area contributed by atoms with Crippen molar-refractivity contribution in [3.8, 4) is 33.4 Å². The minimum Gasteiger partial charge on any atom is -0.456 e. The average Bonchev–Trinajstić information content (AvgIpc) is 3.62. The lowest BCUT2D eigenvalue weighted by molar-refractivity contribution is 0.669. The van der Waals surface area contributed by atoms with Gasteiger partial charge in [0.05, 0.1) is 19.2 Å². The zero-order valence-corrected chi connectivity index (χ0v) is 22.3. The van der Waals surface area contributed by atoms with Gasteiger partial charge >= 0.3 is 0 Å². The highest BCUT2D eigenvalue weighted by Crippen LogP contribution is 2.47. The molecule has 200 valence electrons. The summed E-state index contributed by atoms with van der Waals surface area (Å²) in [4.78, 5) is 0. The summed E-state index contributed by atoms with van der Waals surface area (Å²) in [5, 5.41) is 2.77. The van der Waals surface area contributed by atoms with Crippen molar-refractivity contribution in [1.29, 1.82) is 0 Å². The minimum absolute atomic E-state index is 0.0124.